The Balaban J connectivity index is 1.23. The number of ether oxygens (including phenoxy) is 1. The maximum absolute atomic E-state index is 11.7. The van der Waals surface area contributed by atoms with Crippen LogP contribution in [0.15, 0.2) is 63.8 Å². The van der Waals surface area contributed by atoms with Crippen LogP contribution in [0.3, 0.4) is 0 Å². The third kappa shape index (κ3) is 4.37. The standard InChI is InChI=1S/C23H26N2O3/c1-18-16-19-8-9-21(17-22(19)28-23(18)26)27-15-5-10-24-11-13-25(14-12-24)20-6-3-2-4-7-20/h2-4,6-9,16-17H,5,10-15H2,1H3. The Kier molecular flexibility index (Phi) is 5.63. The summed E-state index contributed by atoms with van der Waals surface area (Å²) < 4.78 is 11.2. The fourth-order valence-electron chi connectivity index (χ4n) is 3.63. The number of hydrogen-bond donors (Lipinski definition) is 0. The zero-order valence-electron chi connectivity index (χ0n) is 16.3. The lowest BCUT2D eigenvalue weighted by Gasteiger charge is -2.36. The zero-order valence-corrected chi connectivity index (χ0v) is 16.3. The molecule has 1 aliphatic rings. The number of para-hydroxylation sites is 1. The maximum atomic E-state index is 11.7. The Morgan fingerprint density at radius 1 is 1.00 bits per heavy atom. The van der Waals surface area contributed by atoms with Crippen LogP contribution in [-0.4, -0.2) is 44.2 Å². The molecule has 0 N–H and O–H groups in total. The van der Waals surface area contributed by atoms with Gasteiger partial charge in [-0.3, -0.25) is 4.90 Å². The summed E-state index contributed by atoms with van der Waals surface area (Å²) in [6.07, 6.45) is 0.973. The van der Waals surface area contributed by atoms with Crippen molar-refractivity contribution in [1.29, 1.82) is 0 Å². The molecule has 28 heavy (non-hydrogen) atoms. The highest BCUT2D eigenvalue weighted by Gasteiger charge is 2.16. The number of aryl methyl sites for hydroxylation is 1. The van der Waals surface area contributed by atoms with Crippen molar-refractivity contribution in [3.63, 3.8) is 0 Å². The molecule has 4 rings (SSSR count). The average molecular weight is 378 g/mol. The first-order valence-corrected chi connectivity index (χ1v) is 9.89. The summed E-state index contributed by atoms with van der Waals surface area (Å²) >= 11 is 0. The zero-order chi connectivity index (χ0) is 19.3. The molecule has 2 aromatic carbocycles. The maximum Gasteiger partial charge on any atom is 0.339 e. The molecule has 0 radical (unpaired) electrons. The first-order chi connectivity index (χ1) is 13.7. The van der Waals surface area contributed by atoms with Crippen molar-refractivity contribution in [3.8, 4) is 5.75 Å². The molecule has 5 heteroatoms. The van der Waals surface area contributed by atoms with Gasteiger partial charge in [0.15, 0.2) is 0 Å². The van der Waals surface area contributed by atoms with Crippen molar-refractivity contribution < 1.29 is 9.15 Å². The number of fused-ring (bicyclic) bond motifs is 1. The third-order valence-electron chi connectivity index (χ3n) is 5.26. The normalized spacial score (nSPS) is 15.1. The molecule has 0 atom stereocenters. The van der Waals surface area contributed by atoms with Gasteiger partial charge in [-0.15, -0.1) is 0 Å². The number of anilines is 1. The average Bonchev–Trinajstić information content (AvgIpc) is 2.73. The largest absolute Gasteiger partial charge is 0.493 e. The Bertz CT molecular complexity index is 976. The van der Waals surface area contributed by atoms with Gasteiger partial charge in [0.05, 0.1) is 6.61 Å². The lowest BCUT2D eigenvalue weighted by molar-refractivity contribution is 0.225. The molecule has 0 amide bonds. The number of rotatable bonds is 6. The van der Waals surface area contributed by atoms with Gasteiger partial charge in [-0.05, 0) is 43.7 Å². The predicted octanol–water partition coefficient (Wildman–Crippen LogP) is 3.69. The molecule has 0 unspecified atom stereocenters. The Morgan fingerprint density at radius 3 is 2.57 bits per heavy atom. The van der Waals surface area contributed by atoms with Crippen molar-refractivity contribution in [3.05, 3.63) is 70.6 Å². The van der Waals surface area contributed by atoms with E-state index in [0.717, 1.165) is 50.3 Å². The molecule has 1 saturated heterocycles. The highest BCUT2D eigenvalue weighted by Crippen LogP contribution is 2.21. The smallest absolute Gasteiger partial charge is 0.339 e. The van der Waals surface area contributed by atoms with Crippen LogP contribution in [0, 0.1) is 6.92 Å². The van der Waals surface area contributed by atoms with Crippen molar-refractivity contribution in [2.75, 3.05) is 44.2 Å². The van der Waals surface area contributed by atoms with Crippen molar-refractivity contribution in [2.45, 2.75) is 13.3 Å². The molecule has 146 valence electrons. The highest BCUT2D eigenvalue weighted by atomic mass is 16.5. The van der Waals surface area contributed by atoms with Gasteiger partial charge < -0.3 is 14.1 Å². The molecule has 1 aromatic heterocycles. The van der Waals surface area contributed by atoms with Gasteiger partial charge >= 0.3 is 5.63 Å². The molecular weight excluding hydrogens is 352 g/mol. The second kappa shape index (κ2) is 8.48. The minimum absolute atomic E-state index is 0.292. The topological polar surface area (TPSA) is 45.9 Å². The van der Waals surface area contributed by atoms with Gasteiger partial charge in [0.2, 0.25) is 0 Å². The van der Waals surface area contributed by atoms with E-state index in [0.29, 0.717) is 17.8 Å². The van der Waals surface area contributed by atoms with Crippen LogP contribution in [0.4, 0.5) is 5.69 Å². The van der Waals surface area contributed by atoms with Gasteiger partial charge in [-0.25, -0.2) is 4.79 Å². The van der Waals surface area contributed by atoms with Crippen LogP contribution in [0.2, 0.25) is 0 Å². The Hall–Kier alpha value is -2.79. The first-order valence-electron chi connectivity index (χ1n) is 9.89. The summed E-state index contributed by atoms with van der Waals surface area (Å²) in [4.78, 5) is 16.6. The molecule has 0 spiro atoms. The summed E-state index contributed by atoms with van der Waals surface area (Å²) in [7, 11) is 0. The summed E-state index contributed by atoms with van der Waals surface area (Å²) in [5.74, 6) is 0.744. The fraction of sp³-hybridized carbons (Fsp3) is 0.348. The van der Waals surface area contributed by atoms with E-state index < -0.39 is 0 Å². The summed E-state index contributed by atoms with van der Waals surface area (Å²) in [6.45, 7) is 7.73. The molecular formula is C23H26N2O3. The van der Waals surface area contributed by atoms with Gasteiger partial charge in [0.1, 0.15) is 11.3 Å². The van der Waals surface area contributed by atoms with E-state index in [4.69, 9.17) is 9.15 Å². The van der Waals surface area contributed by atoms with E-state index in [1.807, 2.05) is 18.2 Å². The number of benzene rings is 2. The monoisotopic (exact) mass is 378 g/mol. The van der Waals surface area contributed by atoms with Crippen LogP contribution in [0.25, 0.3) is 11.0 Å². The molecule has 1 fully saturated rings. The van der Waals surface area contributed by atoms with Gasteiger partial charge in [0, 0.05) is 55.4 Å². The number of nitrogens with zero attached hydrogens (tertiary/aromatic N) is 2. The lowest BCUT2D eigenvalue weighted by Crippen LogP contribution is -2.46. The van der Waals surface area contributed by atoms with Crippen molar-refractivity contribution >= 4 is 16.7 Å². The van der Waals surface area contributed by atoms with Crippen LogP contribution in [0.1, 0.15) is 12.0 Å². The molecule has 0 saturated carbocycles. The van der Waals surface area contributed by atoms with Crippen LogP contribution in [0.5, 0.6) is 5.75 Å². The molecule has 1 aliphatic heterocycles. The second-order valence-electron chi connectivity index (χ2n) is 7.28. The van der Waals surface area contributed by atoms with Crippen molar-refractivity contribution in [2.24, 2.45) is 0 Å². The molecule has 3 aromatic rings. The van der Waals surface area contributed by atoms with E-state index in [9.17, 15) is 4.79 Å². The SMILES string of the molecule is Cc1cc2ccc(OCCCN3CCN(c4ccccc4)CC3)cc2oc1=O. The van der Waals surface area contributed by atoms with Gasteiger partial charge in [0.25, 0.3) is 0 Å². The Labute approximate surface area is 165 Å². The van der Waals surface area contributed by atoms with Crippen molar-refractivity contribution in [1.82, 2.24) is 4.90 Å². The fourth-order valence-corrected chi connectivity index (χ4v) is 3.63. The molecule has 0 aliphatic carbocycles. The first kappa shape index (κ1) is 18.6. The second-order valence-corrected chi connectivity index (χ2v) is 7.28. The number of piperazine rings is 1. The molecule has 0 bridgehead atoms. The highest BCUT2D eigenvalue weighted by molar-refractivity contribution is 5.78. The predicted molar refractivity (Wildman–Crippen MR) is 112 cm³/mol. The van der Waals surface area contributed by atoms with Crippen LogP contribution in [-0.2, 0) is 0 Å². The minimum atomic E-state index is -0.292. The Morgan fingerprint density at radius 2 is 1.79 bits per heavy atom. The quantitative estimate of drug-likeness (QED) is 0.484. The van der Waals surface area contributed by atoms with E-state index in [2.05, 4.69) is 40.1 Å². The molecule has 5 nitrogen and oxygen atoms in total. The van der Waals surface area contributed by atoms with Gasteiger partial charge in [-0.1, -0.05) is 18.2 Å². The third-order valence-corrected chi connectivity index (χ3v) is 5.26. The minimum Gasteiger partial charge on any atom is -0.493 e. The summed E-state index contributed by atoms with van der Waals surface area (Å²) in [5, 5.41) is 0.917. The van der Waals surface area contributed by atoms with E-state index in [1.54, 1.807) is 13.0 Å². The number of hydrogen-bond acceptors (Lipinski definition) is 5. The van der Waals surface area contributed by atoms with E-state index >= 15 is 0 Å². The lowest BCUT2D eigenvalue weighted by atomic mass is 10.2. The summed E-state index contributed by atoms with van der Waals surface area (Å²) in [6, 6.07) is 18.1. The van der Waals surface area contributed by atoms with Crippen LogP contribution >= 0.6 is 0 Å². The molecule has 2 heterocycles. The van der Waals surface area contributed by atoms with E-state index in [-0.39, 0.29) is 5.63 Å². The summed E-state index contributed by atoms with van der Waals surface area (Å²) in [5.41, 5.74) is 2.21. The van der Waals surface area contributed by atoms with E-state index in [1.165, 1.54) is 5.69 Å². The van der Waals surface area contributed by atoms with Gasteiger partial charge in [-0.2, -0.15) is 0 Å². The van der Waals surface area contributed by atoms with Crippen LogP contribution < -0.4 is 15.3 Å².